The summed E-state index contributed by atoms with van der Waals surface area (Å²) in [5, 5.41) is 16.3. The quantitative estimate of drug-likeness (QED) is 0.324. The minimum Gasteiger partial charge on any atom is -0.367 e. The van der Waals surface area contributed by atoms with Gasteiger partial charge in [0.25, 0.3) is 11.6 Å². The van der Waals surface area contributed by atoms with Crippen molar-refractivity contribution in [3.63, 3.8) is 0 Å². The van der Waals surface area contributed by atoms with E-state index in [0.29, 0.717) is 5.69 Å². The van der Waals surface area contributed by atoms with Crippen molar-refractivity contribution in [3.8, 4) is 11.1 Å². The third kappa shape index (κ3) is 5.76. The molecule has 9 nitrogen and oxygen atoms in total. The predicted octanol–water partition coefficient (Wildman–Crippen LogP) is 5.33. The molecule has 0 saturated carbocycles. The van der Waals surface area contributed by atoms with Gasteiger partial charge < -0.3 is 20.4 Å². The van der Waals surface area contributed by atoms with Gasteiger partial charge in [-0.2, -0.15) is 0 Å². The molecule has 0 spiro atoms. The van der Waals surface area contributed by atoms with Crippen LogP contribution in [0.2, 0.25) is 5.02 Å². The first kappa shape index (κ1) is 27.0. The molecule has 2 amide bonds. The Morgan fingerprint density at radius 1 is 0.974 bits per heavy atom. The fraction of sp³-hybridized carbons (Fsp3) is 0.259. The lowest BCUT2D eigenvalue weighted by Crippen LogP contribution is -2.44. The van der Waals surface area contributed by atoms with Crippen molar-refractivity contribution in [2.75, 3.05) is 48.8 Å². The van der Waals surface area contributed by atoms with Gasteiger partial charge in [-0.1, -0.05) is 17.7 Å². The van der Waals surface area contributed by atoms with E-state index in [1.165, 1.54) is 32.0 Å². The van der Waals surface area contributed by atoms with E-state index in [2.05, 4.69) is 20.4 Å². The third-order valence-electron chi connectivity index (χ3n) is 6.48. The van der Waals surface area contributed by atoms with Crippen LogP contribution in [0.3, 0.4) is 0 Å². The molecule has 0 unspecified atom stereocenters. The number of piperazine rings is 1. The summed E-state index contributed by atoms with van der Waals surface area (Å²) in [6.45, 7) is 5.87. The second-order valence-electron chi connectivity index (χ2n) is 9.19. The van der Waals surface area contributed by atoms with E-state index >= 15 is 0 Å². The Labute approximate surface area is 224 Å². The number of likely N-dealkylation sites (N-methyl/N-ethyl adjacent to an activating group) is 1. The minimum absolute atomic E-state index is 0.0133. The standard InChI is InChI=1S/C27H27ClFN5O4/c1-16-25(28)21(15-23(26(16)29)30-17(2)35)27(36)31-22-14-19(18-4-7-20(8-5-18)34(37)38)6-9-24(22)33-12-10-32(3)11-13-33/h4-9,14-15H,10-13H2,1-3H3,(H,30,35)(H,31,36). The molecule has 1 saturated heterocycles. The monoisotopic (exact) mass is 539 g/mol. The lowest BCUT2D eigenvalue weighted by Gasteiger charge is -2.35. The summed E-state index contributed by atoms with van der Waals surface area (Å²) in [6, 6.07) is 13.0. The Balaban J connectivity index is 1.74. The second-order valence-corrected chi connectivity index (χ2v) is 9.56. The lowest BCUT2D eigenvalue weighted by molar-refractivity contribution is -0.384. The summed E-state index contributed by atoms with van der Waals surface area (Å²) in [7, 11) is 2.04. The fourth-order valence-electron chi connectivity index (χ4n) is 4.32. The average Bonchev–Trinajstić information content (AvgIpc) is 2.89. The summed E-state index contributed by atoms with van der Waals surface area (Å²) in [5.74, 6) is -1.76. The number of rotatable bonds is 6. The Bertz CT molecular complexity index is 1410. The van der Waals surface area contributed by atoms with Crippen LogP contribution >= 0.6 is 11.6 Å². The first-order valence-corrected chi connectivity index (χ1v) is 12.3. The molecule has 0 atom stereocenters. The first-order valence-electron chi connectivity index (χ1n) is 11.9. The van der Waals surface area contributed by atoms with Crippen LogP contribution in [0.1, 0.15) is 22.8 Å². The molecular formula is C27H27ClFN5O4. The van der Waals surface area contributed by atoms with Gasteiger partial charge in [0, 0.05) is 50.8 Å². The van der Waals surface area contributed by atoms with Crippen molar-refractivity contribution >= 4 is 46.2 Å². The number of nitro benzene ring substituents is 1. The molecule has 0 radical (unpaired) electrons. The molecule has 0 aliphatic carbocycles. The Hall–Kier alpha value is -4.02. The number of nitro groups is 1. The Morgan fingerprint density at radius 2 is 1.61 bits per heavy atom. The van der Waals surface area contributed by atoms with Crippen LogP contribution in [0.15, 0.2) is 48.5 Å². The second kappa shape index (κ2) is 11.2. The van der Waals surface area contributed by atoms with Crippen molar-refractivity contribution in [1.29, 1.82) is 0 Å². The van der Waals surface area contributed by atoms with E-state index in [4.69, 9.17) is 11.6 Å². The van der Waals surface area contributed by atoms with Crippen molar-refractivity contribution in [3.05, 3.63) is 80.6 Å². The van der Waals surface area contributed by atoms with E-state index in [0.717, 1.165) is 43.0 Å². The van der Waals surface area contributed by atoms with Gasteiger partial charge in [-0.3, -0.25) is 19.7 Å². The number of hydrogen-bond acceptors (Lipinski definition) is 6. The Kier molecular flexibility index (Phi) is 7.94. The maximum Gasteiger partial charge on any atom is 0.269 e. The Morgan fingerprint density at radius 3 is 2.21 bits per heavy atom. The van der Waals surface area contributed by atoms with E-state index in [9.17, 15) is 24.1 Å². The lowest BCUT2D eigenvalue weighted by atomic mass is 10.0. The highest BCUT2D eigenvalue weighted by Gasteiger charge is 2.23. The highest BCUT2D eigenvalue weighted by molar-refractivity contribution is 6.35. The summed E-state index contributed by atoms with van der Waals surface area (Å²) >= 11 is 6.36. The van der Waals surface area contributed by atoms with Crippen LogP contribution in [-0.4, -0.2) is 54.9 Å². The normalized spacial score (nSPS) is 13.8. The van der Waals surface area contributed by atoms with Crippen molar-refractivity contribution in [2.24, 2.45) is 0 Å². The molecule has 2 N–H and O–H groups in total. The molecule has 38 heavy (non-hydrogen) atoms. The highest BCUT2D eigenvalue weighted by atomic mass is 35.5. The molecule has 198 valence electrons. The molecule has 1 aliphatic rings. The zero-order valence-corrected chi connectivity index (χ0v) is 21.9. The van der Waals surface area contributed by atoms with Crippen LogP contribution in [0.25, 0.3) is 11.1 Å². The molecular weight excluding hydrogens is 513 g/mol. The van der Waals surface area contributed by atoms with E-state index in [-0.39, 0.29) is 27.5 Å². The van der Waals surface area contributed by atoms with Crippen LogP contribution in [0, 0.1) is 22.9 Å². The van der Waals surface area contributed by atoms with Crippen LogP contribution in [-0.2, 0) is 4.79 Å². The third-order valence-corrected chi connectivity index (χ3v) is 6.96. The smallest absolute Gasteiger partial charge is 0.269 e. The maximum atomic E-state index is 14.7. The summed E-state index contributed by atoms with van der Waals surface area (Å²) in [6.07, 6.45) is 0. The maximum absolute atomic E-state index is 14.7. The van der Waals surface area contributed by atoms with Gasteiger partial charge in [0.05, 0.1) is 32.6 Å². The number of nitrogens with one attached hydrogen (secondary N) is 2. The largest absolute Gasteiger partial charge is 0.367 e. The van der Waals surface area contributed by atoms with Crippen LogP contribution in [0.4, 0.5) is 27.1 Å². The summed E-state index contributed by atoms with van der Waals surface area (Å²) in [5.41, 5.74) is 2.69. The number of carbonyl (C=O) groups is 2. The first-order chi connectivity index (χ1) is 18.0. The molecule has 11 heteroatoms. The number of halogens is 2. The molecule has 3 aromatic carbocycles. The van der Waals surface area contributed by atoms with Gasteiger partial charge in [-0.25, -0.2) is 4.39 Å². The molecule has 1 heterocycles. The number of nitrogens with zero attached hydrogens (tertiary/aromatic N) is 3. The van der Waals surface area contributed by atoms with Gasteiger partial charge in [0.1, 0.15) is 0 Å². The van der Waals surface area contributed by atoms with Crippen molar-refractivity contribution < 1.29 is 18.9 Å². The zero-order chi connectivity index (χ0) is 27.6. The van der Waals surface area contributed by atoms with Gasteiger partial charge in [-0.05, 0) is 55.4 Å². The number of amides is 2. The number of anilines is 3. The van der Waals surface area contributed by atoms with Crippen molar-refractivity contribution in [2.45, 2.75) is 13.8 Å². The van der Waals surface area contributed by atoms with Gasteiger partial charge in [0.2, 0.25) is 5.91 Å². The van der Waals surface area contributed by atoms with Gasteiger partial charge in [0.15, 0.2) is 5.82 Å². The number of benzene rings is 3. The summed E-state index contributed by atoms with van der Waals surface area (Å²) < 4.78 is 14.7. The zero-order valence-electron chi connectivity index (χ0n) is 21.2. The van der Waals surface area contributed by atoms with E-state index < -0.39 is 22.6 Å². The molecule has 0 aromatic heterocycles. The minimum atomic E-state index is -0.708. The molecule has 1 aliphatic heterocycles. The van der Waals surface area contributed by atoms with Crippen LogP contribution < -0.4 is 15.5 Å². The number of non-ortho nitro benzene ring substituents is 1. The number of hydrogen-bond donors (Lipinski definition) is 2. The summed E-state index contributed by atoms with van der Waals surface area (Å²) in [4.78, 5) is 40.0. The van der Waals surface area contributed by atoms with Gasteiger partial charge in [-0.15, -0.1) is 0 Å². The molecule has 1 fully saturated rings. The predicted molar refractivity (Wildman–Crippen MR) is 147 cm³/mol. The molecule has 4 rings (SSSR count). The highest BCUT2D eigenvalue weighted by Crippen LogP contribution is 2.35. The van der Waals surface area contributed by atoms with Crippen molar-refractivity contribution in [1.82, 2.24) is 4.90 Å². The molecule has 3 aromatic rings. The van der Waals surface area contributed by atoms with E-state index in [1.807, 2.05) is 19.2 Å². The topological polar surface area (TPSA) is 108 Å². The number of carbonyl (C=O) groups excluding carboxylic acids is 2. The van der Waals surface area contributed by atoms with Crippen LogP contribution in [0.5, 0.6) is 0 Å². The van der Waals surface area contributed by atoms with Gasteiger partial charge >= 0.3 is 0 Å². The SMILES string of the molecule is CC(=O)Nc1cc(C(=O)Nc2cc(-c3ccc([N+](=O)[O-])cc3)ccc2N2CCN(C)CC2)c(Cl)c(C)c1F. The van der Waals surface area contributed by atoms with E-state index in [1.54, 1.807) is 18.2 Å². The molecule has 0 bridgehead atoms. The average molecular weight is 540 g/mol. The fourth-order valence-corrected chi connectivity index (χ4v) is 4.54.